The van der Waals surface area contributed by atoms with E-state index in [-0.39, 0.29) is 0 Å². The van der Waals surface area contributed by atoms with Crippen molar-refractivity contribution in [2.24, 2.45) is 0 Å². The van der Waals surface area contributed by atoms with E-state index in [9.17, 15) is 0 Å². The molecule has 0 amide bonds. The molecule has 0 saturated carbocycles. The summed E-state index contributed by atoms with van der Waals surface area (Å²) in [6.45, 7) is 0. The third-order valence-corrected chi connectivity index (χ3v) is 12.5. The standard InChI is InChI=1S/C60H39NO/c1-3-16-43(17-4-1)58-53-24-10-9-22-50(53)51-38-33-45(39-55(51)59(58)44-18-5-2-6-19-44)40-29-34-46(35-30-40)61(56-27-13-20-41-15-7-8-21-48(41)56)47-36-31-42(32-37-47)49-25-14-26-54-52-23-11-12-28-57(52)62-60(49)54/h1-39H. The minimum absolute atomic E-state index is 0.905. The van der Waals surface area contributed by atoms with E-state index in [0.29, 0.717) is 0 Å². The number of nitrogens with zero attached hydrogens (tertiary/aromatic N) is 1. The molecule has 0 unspecified atom stereocenters. The highest BCUT2D eigenvalue weighted by Crippen LogP contribution is 2.46. The zero-order valence-electron chi connectivity index (χ0n) is 33.9. The third-order valence-electron chi connectivity index (χ3n) is 12.5. The van der Waals surface area contributed by atoms with Crippen molar-refractivity contribution in [1.29, 1.82) is 0 Å². The molecule has 0 fully saturated rings. The fourth-order valence-electron chi connectivity index (χ4n) is 9.58. The van der Waals surface area contributed by atoms with Gasteiger partial charge in [0.15, 0.2) is 0 Å². The summed E-state index contributed by atoms with van der Waals surface area (Å²) >= 11 is 0. The summed E-state index contributed by atoms with van der Waals surface area (Å²) in [5.41, 5.74) is 14.6. The summed E-state index contributed by atoms with van der Waals surface area (Å²) in [5, 5.41) is 9.67. The minimum atomic E-state index is 0.905. The van der Waals surface area contributed by atoms with Crippen LogP contribution in [0.3, 0.4) is 0 Å². The van der Waals surface area contributed by atoms with E-state index >= 15 is 0 Å². The normalized spacial score (nSPS) is 11.5. The Bertz CT molecular complexity index is 3600. The second kappa shape index (κ2) is 14.8. The van der Waals surface area contributed by atoms with Crippen LogP contribution in [-0.2, 0) is 0 Å². The molecule has 0 N–H and O–H groups in total. The Balaban J connectivity index is 0.990. The van der Waals surface area contributed by atoms with Gasteiger partial charge < -0.3 is 9.32 Å². The zero-order valence-corrected chi connectivity index (χ0v) is 33.9. The summed E-state index contributed by atoms with van der Waals surface area (Å²) in [5.74, 6) is 0. The molecule has 12 rings (SSSR count). The van der Waals surface area contributed by atoms with Crippen LogP contribution in [0.1, 0.15) is 0 Å². The van der Waals surface area contributed by atoms with Gasteiger partial charge in [0.25, 0.3) is 0 Å². The van der Waals surface area contributed by atoms with Gasteiger partial charge in [-0.2, -0.15) is 0 Å². The zero-order chi connectivity index (χ0) is 41.0. The third kappa shape index (κ3) is 5.96. The molecule has 0 spiro atoms. The molecule has 2 heteroatoms. The van der Waals surface area contributed by atoms with Crippen LogP contribution in [0.2, 0.25) is 0 Å². The van der Waals surface area contributed by atoms with Crippen molar-refractivity contribution in [3.63, 3.8) is 0 Å². The van der Waals surface area contributed by atoms with Crippen LogP contribution in [0, 0.1) is 0 Å². The highest BCUT2D eigenvalue weighted by molar-refractivity contribution is 6.22. The first kappa shape index (κ1) is 35.7. The first-order chi connectivity index (χ1) is 30.8. The SMILES string of the molecule is c1ccc(-c2c(-c3ccccc3)c3cc(-c4ccc(N(c5ccc(-c6cccc7c6oc6ccccc67)cc5)c5cccc6ccccc56)cc4)ccc3c3ccccc23)cc1. The number of hydrogen-bond acceptors (Lipinski definition) is 2. The van der Waals surface area contributed by atoms with Gasteiger partial charge in [-0.05, 0) is 108 Å². The van der Waals surface area contributed by atoms with Gasteiger partial charge in [-0.1, -0.05) is 194 Å². The van der Waals surface area contributed by atoms with Crippen molar-refractivity contribution in [1.82, 2.24) is 0 Å². The van der Waals surface area contributed by atoms with Crippen LogP contribution in [0.15, 0.2) is 241 Å². The van der Waals surface area contributed by atoms with E-state index in [0.717, 1.165) is 55.7 Å². The summed E-state index contributed by atoms with van der Waals surface area (Å²) < 4.78 is 6.44. The van der Waals surface area contributed by atoms with Gasteiger partial charge in [-0.3, -0.25) is 0 Å². The van der Waals surface area contributed by atoms with Crippen molar-refractivity contribution in [2.45, 2.75) is 0 Å². The number of fused-ring (bicyclic) bond motifs is 7. The Labute approximate surface area is 360 Å². The predicted octanol–water partition coefficient (Wildman–Crippen LogP) is 17.2. The van der Waals surface area contributed by atoms with Gasteiger partial charge >= 0.3 is 0 Å². The van der Waals surface area contributed by atoms with Gasteiger partial charge in [-0.25, -0.2) is 0 Å². The van der Waals surface area contributed by atoms with E-state index in [4.69, 9.17) is 4.42 Å². The largest absolute Gasteiger partial charge is 0.455 e. The quantitative estimate of drug-likeness (QED) is 0.150. The first-order valence-corrected chi connectivity index (χ1v) is 21.3. The molecule has 0 bridgehead atoms. The Kier molecular flexibility index (Phi) is 8.53. The Morgan fingerprint density at radius 1 is 0.290 bits per heavy atom. The molecular formula is C60H39NO. The van der Waals surface area contributed by atoms with Gasteiger partial charge in [-0.15, -0.1) is 0 Å². The molecule has 0 radical (unpaired) electrons. The number of furan rings is 1. The summed E-state index contributed by atoms with van der Waals surface area (Å²) in [4.78, 5) is 2.38. The second-order valence-electron chi connectivity index (χ2n) is 16.0. The maximum Gasteiger partial charge on any atom is 0.143 e. The lowest BCUT2D eigenvalue weighted by molar-refractivity contribution is 0.670. The molecule has 1 aromatic heterocycles. The van der Waals surface area contributed by atoms with Crippen LogP contribution in [0.5, 0.6) is 0 Å². The van der Waals surface area contributed by atoms with Crippen molar-refractivity contribution in [2.75, 3.05) is 4.90 Å². The summed E-state index contributed by atoms with van der Waals surface area (Å²) in [6, 6.07) is 85.4. The molecule has 2 nitrogen and oxygen atoms in total. The van der Waals surface area contributed by atoms with Crippen LogP contribution < -0.4 is 4.90 Å². The highest BCUT2D eigenvalue weighted by atomic mass is 16.3. The van der Waals surface area contributed by atoms with Gasteiger partial charge in [0.05, 0.1) is 5.69 Å². The minimum Gasteiger partial charge on any atom is -0.455 e. The smallest absolute Gasteiger partial charge is 0.143 e. The molecule has 12 aromatic rings. The average Bonchev–Trinajstić information content (AvgIpc) is 3.74. The first-order valence-electron chi connectivity index (χ1n) is 21.3. The predicted molar refractivity (Wildman–Crippen MR) is 263 cm³/mol. The van der Waals surface area contributed by atoms with Crippen LogP contribution in [0.25, 0.3) is 98.8 Å². The van der Waals surface area contributed by atoms with Crippen molar-refractivity contribution in [3.05, 3.63) is 237 Å². The Morgan fingerprint density at radius 2 is 0.806 bits per heavy atom. The molecule has 11 aromatic carbocycles. The molecule has 0 aliphatic carbocycles. The van der Waals surface area contributed by atoms with Crippen LogP contribution in [0.4, 0.5) is 17.1 Å². The fourth-order valence-corrected chi connectivity index (χ4v) is 9.58. The van der Waals surface area contributed by atoms with Crippen molar-refractivity contribution in [3.8, 4) is 44.5 Å². The maximum atomic E-state index is 6.44. The lowest BCUT2D eigenvalue weighted by Crippen LogP contribution is -2.10. The average molecular weight is 790 g/mol. The highest BCUT2D eigenvalue weighted by Gasteiger charge is 2.20. The lowest BCUT2D eigenvalue weighted by atomic mass is 9.84. The fraction of sp³-hybridized carbons (Fsp3) is 0. The maximum absolute atomic E-state index is 6.44. The van der Waals surface area contributed by atoms with Crippen LogP contribution >= 0.6 is 0 Å². The number of hydrogen-bond donors (Lipinski definition) is 0. The molecule has 0 aliphatic heterocycles. The second-order valence-corrected chi connectivity index (χ2v) is 16.0. The van der Waals surface area contributed by atoms with E-state index in [1.165, 1.54) is 60.1 Å². The van der Waals surface area contributed by atoms with Crippen LogP contribution in [-0.4, -0.2) is 0 Å². The van der Waals surface area contributed by atoms with E-state index in [1.54, 1.807) is 0 Å². The lowest BCUT2D eigenvalue weighted by Gasteiger charge is -2.27. The number of rotatable bonds is 7. The monoisotopic (exact) mass is 789 g/mol. The molecule has 290 valence electrons. The topological polar surface area (TPSA) is 16.4 Å². The molecule has 62 heavy (non-hydrogen) atoms. The van der Waals surface area contributed by atoms with Crippen molar-refractivity contribution >= 4 is 71.3 Å². The number of benzene rings is 11. The number of para-hydroxylation sites is 2. The Hall–Kier alpha value is -8.20. The molecule has 0 aliphatic rings. The van der Waals surface area contributed by atoms with Gasteiger partial charge in [0.2, 0.25) is 0 Å². The molecule has 0 atom stereocenters. The van der Waals surface area contributed by atoms with E-state index < -0.39 is 0 Å². The summed E-state index contributed by atoms with van der Waals surface area (Å²) in [6.07, 6.45) is 0. The number of anilines is 3. The Morgan fingerprint density at radius 3 is 1.53 bits per heavy atom. The van der Waals surface area contributed by atoms with Crippen molar-refractivity contribution < 1.29 is 4.42 Å². The molecule has 1 heterocycles. The van der Waals surface area contributed by atoms with Gasteiger partial charge in [0.1, 0.15) is 11.2 Å². The van der Waals surface area contributed by atoms with Gasteiger partial charge in [0, 0.05) is 33.1 Å². The van der Waals surface area contributed by atoms with E-state index in [2.05, 4.69) is 229 Å². The summed E-state index contributed by atoms with van der Waals surface area (Å²) in [7, 11) is 0. The molecular weight excluding hydrogens is 751 g/mol. The van der Waals surface area contributed by atoms with E-state index in [1.807, 2.05) is 12.1 Å². The molecule has 0 saturated heterocycles.